The lowest BCUT2D eigenvalue weighted by molar-refractivity contribution is -0.148. The molecule has 7 rings (SSSR count). The minimum absolute atomic E-state index is 0.383. The smallest absolute Gasteiger partial charge is 0.347 e. The van der Waals surface area contributed by atoms with Crippen molar-refractivity contribution in [1.29, 1.82) is 0 Å². The van der Waals surface area contributed by atoms with E-state index >= 15 is 0 Å². The second kappa shape index (κ2) is 14.4. The molecule has 0 unspecified atom stereocenters. The molecule has 0 bridgehead atoms. The van der Waals surface area contributed by atoms with Gasteiger partial charge in [-0.2, -0.15) is 0 Å². The lowest BCUT2D eigenvalue weighted by atomic mass is 9.94. The summed E-state index contributed by atoms with van der Waals surface area (Å²) in [4.78, 5) is 12.9. The van der Waals surface area contributed by atoms with E-state index in [-0.39, 0.29) is 0 Å². The Morgan fingerprint density at radius 1 is 0.633 bits per heavy atom. The van der Waals surface area contributed by atoms with Gasteiger partial charge in [0, 0.05) is 29.4 Å². The summed E-state index contributed by atoms with van der Waals surface area (Å²) < 4.78 is 23.4. The minimum Gasteiger partial charge on any atom is -0.497 e. The zero-order valence-corrected chi connectivity index (χ0v) is 27.5. The molecule has 0 amide bonds. The van der Waals surface area contributed by atoms with Crippen LogP contribution in [0.1, 0.15) is 16.9 Å². The highest BCUT2D eigenvalue weighted by Gasteiger charge is 2.24. The molecule has 0 saturated carbocycles. The maximum atomic E-state index is 12.9. The fourth-order valence-electron chi connectivity index (χ4n) is 6.24. The Labute approximate surface area is 286 Å². The third-order valence-corrected chi connectivity index (χ3v) is 8.76. The van der Waals surface area contributed by atoms with Crippen molar-refractivity contribution in [2.24, 2.45) is 0 Å². The SMILES string of the molecule is COC(=O)[C@H](Cc1ccccc1)Oc1ccc(-c2ccc(-c3c(Cc4ccccc4)oc4ccccc34)cc2)cc1-c1ccc(OC)cc1. The Hall–Kier alpha value is -6.07. The number of hydrogen-bond acceptors (Lipinski definition) is 5. The highest BCUT2D eigenvalue weighted by Crippen LogP contribution is 2.39. The molecule has 5 heteroatoms. The predicted molar refractivity (Wildman–Crippen MR) is 195 cm³/mol. The quantitative estimate of drug-likeness (QED) is 0.131. The number of methoxy groups -OCH3 is 2. The second-order valence-electron chi connectivity index (χ2n) is 11.9. The van der Waals surface area contributed by atoms with Crippen molar-refractivity contribution in [3.05, 3.63) is 169 Å². The highest BCUT2D eigenvalue weighted by atomic mass is 16.6. The summed E-state index contributed by atoms with van der Waals surface area (Å²) in [6.45, 7) is 0. The molecule has 49 heavy (non-hydrogen) atoms. The average molecular weight is 645 g/mol. The Kier molecular flexibility index (Phi) is 9.24. The van der Waals surface area contributed by atoms with Gasteiger partial charge in [0.2, 0.25) is 0 Å². The Balaban J connectivity index is 1.25. The third kappa shape index (κ3) is 6.97. The molecule has 0 aliphatic rings. The van der Waals surface area contributed by atoms with Crippen LogP contribution >= 0.6 is 0 Å². The molecule has 7 aromatic rings. The van der Waals surface area contributed by atoms with E-state index in [1.54, 1.807) is 7.11 Å². The number of benzene rings is 6. The van der Waals surface area contributed by atoms with Crippen molar-refractivity contribution in [2.45, 2.75) is 18.9 Å². The molecule has 0 aliphatic carbocycles. The molecular weight excluding hydrogens is 608 g/mol. The van der Waals surface area contributed by atoms with Crippen LogP contribution in [0.25, 0.3) is 44.3 Å². The van der Waals surface area contributed by atoms with Crippen molar-refractivity contribution >= 4 is 16.9 Å². The fourth-order valence-corrected chi connectivity index (χ4v) is 6.24. The number of fused-ring (bicyclic) bond motifs is 1. The monoisotopic (exact) mass is 644 g/mol. The van der Waals surface area contributed by atoms with Crippen LogP contribution in [0.2, 0.25) is 0 Å². The van der Waals surface area contributed by atoms with E-state index in [0.717, 1.165) is 61.4 Å². The number of para-hydroxylation sites is 1. The van der Waals surface area contributed by atoms with Gasteiger partial charge in [-0.05, 0) is 63.7 Å². The van der Waals surface area contributed by atoms with Crippen LogP contribution in [0.5, 0.6) is 11.5 Å². The van der Waals surface area contributed by atoms with E-state index in [9.17, 15) is 4.79 Å². The molecule has 5 nitrogen and oxygen atoms in total. The molecule has 0 fully saturated rings. The summed E-state index contributed by atoms with van der Waals surface area (Å²) in [5.74, 6) is 1.86. The van der Waals surface area contributed by atoms with Crippen molar-refractivity contribution < 1.29 is 23.4 Å². The Morgan fingerprint density at radius 3 is 1.94 bits per heavy atom. The zero-order valence-electron chi connectivity index (χ0n) is 27.5. The van der Waals surface area contributed by atoms with E-state index in [2.05, 4.69) is 66.7 Å². The normalized spacial score (nSPS) is 11.6. The summed E-state index contributed by atoms with van der Waals surface area (Å²) in [6.07, 6.45) is 0.272. The van der Waals surface area contributed by atoms with Crippen LogP contribution in [0.15, 0.2) is 156 Å². The second-order valence-corrected chi connectivity index (χ2v) is 11.9. The molecule has 1 heterocycles. The van der Waals surface area contributed by atoms with E-state index in [1.165, 1.54) is 12.7 Å². The minimum atomic E-state index is -0.815. The number of rotatable bonds is 11. The van der Waals surface area contributed by atoms with Gasteiger partial charge in [-0.1, -0.05) is 121 Å². The zero-order chi connectivity index (χ0) is 33.6. The van der Waals surface area contributed by atoms with Gasteiger partial charge in [-0.3, -0.25) is 0 Å². The average Bonchev–Trinajstić information content (AvgIpc) is 3.53. The summed E-state index contributed by atoms with van der Waals surface area (Å²) in [7, 11) is 3.03. The Morgan fingerprint density at radius 2 is 1.24 bits per heavy atom. The standard InChI is InChI=1S/C44H36O5/c1-46-36-24-21-33(22-25-36)38-29-35(23-26-40(38)49-42(44(45)47-2)28-31-13-7-4-8-14-31)32-17-19-34(20-18-32)43-37-15-9-10-16-39(37)48-41(43)27-30-11-5-3-6-12-30/h3-26,29,42H,27-28H2,1-2H3/t42-/m0/s1. The van der Waals surface area contributed by atoms with Crippen molar-refractivity contribution in [3.63, 3.8) is 0 Å². The molecule has 0 saturated heterocycles. The molecule has 1 atom stereocenters. The molecule has 0 spiro atoms. The van der Waals surface area contributed by atoms with Gasteiger partial charge in [0.15, 0.2) is 6.10 Å². The summed E-state index contributed by atoms with van der Waals surface area (Å²) in [5.41, 5.74) is 9.14. The van der Waals surface area contributed by atoms with Gasteiger partial charge in [-0.15, -0.1) is 0 Å². The van der Waals surface area contributed by atoms with Gasteiger partial charge in [0.05, 0.1) is 14.2 Å². The number of carbonyl (C=O) groups excluding carboxylic acids is 1. The number of carbonyl (C=O) groups is 1. The van der Waals surface area contributed by atoms with Crippen molar-refractivity contribution in [1.82, 2.24) is 0 Å². The van der Waals surface area contributed by atoms with Gasteiger partial charge < -0.3 is 18.6 Å². The fraction of sp³-hybridized carbons (Fsp3) is 0.114. The molecule has 0 aliphatic heterocycles. The van der Waals surface area contributed by atoms with Gasteiger partial charge in [-0.25, -0.2) is 4.79 Å². The third-order valence-electron chi connectivity index (χ3n) is 8.76. The highest BCUT2D eigenvalue weighted by molar-refractivity contribution is 5.96. The van der Waals surface area contributed by atoms with Gasteiger partial charge in [0.25, 0.3) is 0 Å². The number of esters is 1. The van der Waals surface area contributed by atoms with Crippen LogP contribution in [-0.4, -0.2) is 26.3 Å². The lowest BCUT2D eigenvalue weighted by Crippen LogP contribution is -2.31. The van der Waals surface area contributed by atoms with Gasteiger partial charge in [0.1, 0.15) is 22.8 Å². The maximum Gasteiger partial charge on any atom is 0.347 e. The first-order valence-electron chi connectivity index (χ1n) is 16.3. The Bertz CT molecular complexity index is 2170. The molecular formula is C44H36O5. The van der Waals surface area contributed by atoms with Crippen LogP contribution in [0.4, 0.5) is 0 Å². The largest absolute Gasteiger partial charge is 0.497 e. The van der Waals surface area contributed by atoms with E-state index < -0.39 is 12.1 Å². The first kappa shape index (κ1) is 31.5. The topological polar surface area (TPSA) is 57.9 Å². The maximum absolute atomic E-state index is 12.9. The number of furan rings is 1. The van der Waals surface area contributed by atoms with E-state index in [1.807, 2.05) is 84.9 Å². The van der Waals surface area contributed by atoms with Gasteiger partial charge >= 0.3 is 5.97 Å². The van der Waals surface area contributed by atoms with Crippen molar-refractivity contribution in [2.75, 3.05) is 14.2 Å². The molecule has 0 N–H and O–H groups in total. The van der Waals surface area contributed by atoms with Crippen LogP contribution < -0.4 is 9.47 Å². The van der Waals surface area contributed by atoms with Crippen molar-refractivity contribution in [3.8, 4) is 44.9 Å². The molecule has 242 valence electrons. The summed E-state index contributed by atoms with van der Waals surface area (Å²) >= 11 is 0. The van der Waals surface area contributed by atoms with E-state index in [0.29, 0.717) is 18.6 Å². The molecule has 0 radical (unpaired) electrons. The number of hydrogen-bond donors (Lipinski definition) is 0. The van der Waals surface area contributed by atoms with Crippen LogP contribution in [0.3, 0.4) is 0 Å². The van der Waals surface area contributed by atoms with Crippen LogP contribution in [0, 0.1) is 0 Å². The first-order valence-corrected chi connectivity index (χ1v) is 16.3. The van der Waals surface area contributed by atoms with Crippen LogP contribution in [-0.2, 0) is 22.4 Å². The number of ether oxygens (including phenoxy) is 3. The first-order chi connectivity index (χ1) is 24.1. The predicted octanol–water partition coefficient (Wildman–Crippen LogP) is 10.2. The lowest BCUT2D eigenvalue weighted by Gasteiger charge is -2.20. The van der Waals surface area contributed by atoms with E-state index in [4.69, 9.17) is 18.6 Å². The molecule has 6 aromatic carbocycles. The summed E-state index contributed by atoms with van der Waals surface area (Å²) in [5, 5.41) is 1.10. The summed E-state index contributed by atoms with van der Waals surface area (Å²) in [6, 6.07) is 50.9. The molecule has 1 aromatic heterocycles.